The quantitative estimate of drug-likeness (QED) is 0.902. The van der Waals surface area contributed by atoms with Crippen molar-refractivity contribution in [3.8, 4) is 5.75 Å². The third-order valence-corrected chi connectivity index (χ3v) is 2.70. The lowest BCUT2D eigenvalue weighted by Gasteiger charge is -2.08. The van der Waals surface area contributed by atoms with Gasteiger partial charge in [-0.3, -0.25) is 4.79 Å². The van der Waals surface area contributed by atoms with Gasteiger partial charge in [-0.05, 0) is 6.92 Å². The minimum absolute atomic E-state index is 0.0425. The maximum Gasteiger partial charge on any atom is 0.573 e. The zero-order valence-corrected chi connectivity index (χ0v) is 11.2. The number of fused-ring (bicyclic) bond motifs is 1. The summed E-state index contributed by atoms with van der Waals surface area (Å²) in [4.78, 5) is 14.8. The van der Waals surface area contributed by atoms with Gasteiger partial charge in [0.15, 0.2) is 5.58 Å². The Bertz CT molecular complexity index is 686. The fraction of sp³-hybridized carbons (Fsp3) is 0.273. The van der Waals surface area contributed by atoms with E-state index in [-0.39, 0.29) is 22.1 Å². The number of carbonyl (C=O) groups excluding carboxylic acids is 1. The van der Waals surface area contributed by atoms with E-state index < -0.39 is 24.1 Å². The molecule has 1 aromatic carbocycles. The lowest BCUT2D eigenvalue weighted by molar-refractivity contribution is -0.274. The fourth-order valence-corrected chi connectivity index (χ4v) is 1.72. The number of ether oxygens (including phenoxy) is 1. The van der Waals surface area contributed by atoms with Gasteiger partial charge in [0.05, 0.1) is 5.02 Å². The number of aromatic nitrogens is 1. The van der Waals surface area contributed by atoms with Crippen LogP contribution in [0.5, 0.6) is 5.75 Å². The van der Waals surface area contributed by atoms with Crippen LogP contribution in [0.15, 0.2) is 16.5 Å². The molecular weight excluding hydrogens is 315 g/mol. The van der Waals surface area contributed by atoms with Crippen molar-refractivity contribution in [1.82, 2.24) is 4.98 Å². The van der Waals surface area contributed by atoms with E-state index in [0.29, 0.717) is 0 Å². The number of carbonyl (C=O) groups is 1. The van der Waals surface area contributed by atoms with Crippen LogP contribution in [0.1, 0.15) is 6.92 Å². The van der Waals surface area contributed by atoms with E-state index in [1.165, 1.54) is 6.92 Å². The second-order valence-electron chi connectivity index (χ2n) is 4.09. The molecule has 0 saturated carbocycles. The van der Waals surface area contributed by atoms with Crippen molar-refractivity contribution in [3.63, 3.8) is 0 Å². The van der Waals surface area contributed by atoms with Gasteiger partial charge in [0, 0.05) is 12.1 Å². The van der Waals surface area contributed by atoms with Crippen molar-refractivity contribution in [1.29, 1.82) is 0 Å². The van der Waals surface area contributed by atoms with Crippen molar-refractivity contribution in [3.05, 3.63) is 17.2 Å². The average molecular weight is 324 g/mol. The number of alkyl halides is 3. The lowest BCUT2D eigenvalue weighted by Crippen LogP contribution is -2.32. The smallest absolute Gasteiger partial charge is 0.422 e. The van der Waals surface area contributed by atoms with Gasteiger partial charge < -0.3 is 20.2 Å². The zero-order valence-electron chi connectivity index (χ0n) is 10.5. The summed E-state index contributed by atoms with van der Waals surface area (Å²) in [5.41, 5.74) is 5.16. The number of nitrogens with two attached hydrogens (primary N) is 1. The first-order chi connectivity index (χ1) is 9.65. The van der Waals surface area contributed by atoms with E-state index in [0.717, 1.165) is 12.1 Å². The Morgan fingerprint density at radius 3 is 2.76 bits per heavy atom. The van der Waals surface area contributed by atoms with E-state index in [1.54, 1.807) is 0 Å². The topological polar surface area (TPSA) is 90.4 Å². The number of anilines is 1. The monoisotopic (exact) mass is 323 g/mol. The number of oxazole rings is 1. The van der Waals surface area contributed by atoms with Crippen LogP contribution in [0, 0.1) is 0 Å². The van der Waals surface area contributed by atoms with Gasteiger partial charge in [0.1, 0.15) is 17.3 Å². The Morgan fingerprint density at radius 1 is 1.52 bits per heavy atom. The van der Waals surface area contributed by atoms with E-state index >= 15 is 0 Å². The second kappa shape index (κ2) is 5.32. The van der Waals surface area contributed by atoms with E-state index in [4.69, 9.17) is 21.8 Å². The highest BCUT2D eigenvalue weighted by molar-refractivity contribution is 6.34. The highest BCUT2D eigenvalue weighted by Crippen LogP contribution is 2.33. The largest absolute Gasteiger partial charge is 0.573 e. The predicted octanol–water partition coefficient (Wildman–Crippen LogP) is 2.67. The van der Waals surface area contributed by atoms with Gasteiger partial charge in [0.25, 0.3) is 6.01 Å². The van der Waals surface area contributed by atoms with Crippen LogP contribution >= 0.6 is 11.6 Å². The first kappa shape index (κ1) is 15.2. The summed E-state index contributed by atoms with van der Waals surface area (Å²) >= 11 is 5.80. The van der Waals surface area contributed by atoms with Crippen molar-refractivity contribution in [2.24, 2.45) is 5.73 Å². The number of hydrogen-bond donors (Lipinski definition) is 2. The summed E-state index contributed by atoms with van der Waals surface area (Å²) in [6.07, 6.45) is -4.84. The average Bonchev–Trinajstić information content (AvgIpc) is 2.69. The third-order valence-electron chi connectivity index (χ3n) is 2.42. The first-order valence-electron chi connectivity index (χ1n) is 5.57. The third kappa shape index (κ3) is 3.69. The molecule has 2 aromatic rings. The van der Waals surface area contributed by atoms with E-state index in [1.807, 2.05) is 0 Å². The highest BCUT2D eigenvalue weighted by atomic mass is 35.5. The first-order valence-corrected chi connectivity index (χ1v) is 5.95. The molecule has 0 aliphatic rings. The van der Waals surface area contributed by atoms with Gasteiger partial charge in [0.2, 0.25) is 5.91 Å². The maximum atomic E-state index is 12.2. The molecule has 10 heteroatoms. The zero-order chi connectivity index (χ0) is 15.8. The van der Waals surface area contributed by atoms with Crippen molar-refractivity contribution >= 4 is 34.6 Å². The number of hydrogen-bond acceptors (Lipinski definition) is 5. The number of benzene rings is 1. The van der Waals surface area contributed by atoms with Crippen LogP contribution in [0.2, 0.25) is 5.02 Å². The minimum Gasteiger partial charge on any atom is -0.422 e. The van der Waals surface area contributed by atoms with Gasteiger partial charge in [-0.2, -0.15) is 4.98 Å². The molecule has 0 fully saturated rings. The van der Waals surface area contributed by atoms with Crippen LogP contribution in [0.25, 0.3) is 11.1 Å². The van der Waals surface area contributed by atoms with Crippen molar-refractivity contribution < 1.29 is 27.1 Å². The number of amides is 1. The normalized spacial score (nSPS) is 13.2. The van der Waals surface area contributed by atoms with E-state index in [9.17, 15) is 18.0 Å². The molecule has 1 aromatic heterocycles. The molecule has 6 nitrogen and oxygen atoms in total. The Kier molecular flexibility index (Phi) is 3.86. The molecule has 1 heterocycles. The standard InChI is InChI=1S/C11H9ClF3N3O3/c1-4(9(16)19)17-10-18-7-3-5(21-11(13,14)15)2-6(12)8(7)20-10/h2-4H,1H3,(H2,16,19)(H,17,18)/t4-/m0/s1. The molecule has 1 atom stereocenters. The molecule has 0 aliphatic carbocycles. The Labute approximate surface area is 121 Å². The summed E-state index contributed by atoms with van der Waals surface area (Å²) in [6.45, 7) is 1.47. The number of nitrogens with one attached hydrogen (secondary N) is 1. The summed E-state index contributed by atoms with van der Waals surface area (Å²) in [5.74, 6) is -1.17. The summed E-state index contributed by atoms with van der Waals surface area (Å²) < 4.78 is 45.5. The summed E-state index contributed by atoms with van der Waals surface area (Å²) in [5, 5.41) is 2.44. The highest BCUT2D eigenvalue weighted by Gasteiger charge is 2.31. The Morgan fingerprint density at radius 2 is 2.19 bits per heavy atom. The molecule has 0 bridgehead atoms. The van der Waals surface area contributed by atoms with Crippen LogP contribution in [-0.4, -0.2) is 23.3 Å². The van der Waals surface area contributed by atoms with E-state index in [2.05, 4.69) is 15.0 Å². The van der Waals surface area contributed by atoms with Gasteiger partial charge in [-0.15, -0.1) is 13.2 Å². The summed E-state index contributed by atoms with van der Waals surface area (Å²) in [6, 6.07) is 1.09. The molecule has 114 valence electrons. The predicted molar refractivity (Wildman–Crippen MR) is 68.0 cm³/mol. The Hall–Kier alpha value is -2.16. The van der Waals surface area contributed by atoms with Gasteiger partial charge >= 0.3 is 6.36 Å². The molecule has 0 unspecified atom stereocenters. The lowest BCUT2D eigenvalue weighted by atomic mass is 10.3. The van der Waals surface area contributed by atoms with Crippen LogP contribution in [-0.2, 0) is 4.79 Å². The molecule has 2 rings (SSSR count). The second-order valence-corrected chi connectivity index (χ2v) is 4.50. The molecule has 0 saturated heterocycles. The molecular formula is C11H9ClF3N3O3. The number of halogens is 4. The SMILES string of the molecule is C[C@H](Nc1nc2cc(OC(F)(F)F)cc(Cl)c2o1)C(N)=O. The van der Waals surface area contributed by atoms with Crippen molar-refractivity contribution in [2.75, 3.05) is 5.32 Å². The molecule has 3 N–H and O–H groups in total. The Balaban J connectivity index is 2.34. The molecule has 0 spiro atoms. The minimum atomic E-state index is -4.84. The molecule has 0 aliphatic heterocycles. The van der Waals surface area contributed by atoms with Gasteiger partial charge in [-0.25, -0.2) is 0 Å². The van der Waals surface area contributed by atoms with Crippen LogP contribution in [0.3, 0.4) is 0 Å². The van der Waals surface area contributed by atoms with Crippen molar-refractivity contribution in [2.45, 2.75) is 19.3 Å². The van der Waals surface area contributed by atoms with Gasteiger partial charge in [-0.1, -0.05) is 11.6 Å². The molecule has 0 radical (unpaired) electrons. The van der Waals surface area contributed by atoms with Crippen LogP contribution in [0.4, 0.5) is 19.2 Å². The molecule has 1 amide bonds. The molecule has 21 heavy (non-hydrogen) atoms. The maximum absolute atomic E-state index is 12.2. The van der Waals surface area contributed by atoms with Crippen LogP contribution < -0.4 is 15.8 Å². The fourth-order valence-electron chi connectivity index (χ4n) is 1.48. The number of rotatable bonds is 4. The summed E-state index contributed by atoms with van der Waals surface area (Å²) in [7, 11) is 0. The number of nitrogens with zero attached hydrogens (tertiary/aromatic N) is 1. The number of primary amides is 1.